The largest absolute Gasteiger partial charge is 0.375 e. The van der Waals surface area contributed by atoms with E-state index in [0.717, 1.165) is 16.7 Å². The molecule has 0 radical (unpaired) electrons. The predicted molar refractivity (Wildman–Crippen MR) is 67.0 cm³/mol. The summed E-state index contributed by atoms with van der Waals surface area (Å²) < 4.78 is 0.958. The molecule has 3 heteroatoms. The minimum atomic E-state index is 0.697. The van der Waals surface area contributed by atoms with Gasteiger partial charge in [0.1, 0.15) is 0 Å². The molecule has 80 valence electrons. The van der Waals surface area contributed by atoms with Crippen molar-refractivity contribution in [2.75, 3.05) is 18.5 Å². The summed E-state index contributed by atoms with van der Waals surface area (Å²) in [5.41, 5.74) is 1.79. The molecule has 0 aliphatic rings. The molecule has 0 spiro atoms. The lowest BCUT2D eigenvalue weighted by atomic mass is 10.2. The van der Waals surface area contributed by atoms with Crippen LogP contribution in [0.3, 0.4) is 0 Å². The fraction of sp³-hybridized carbons (Fsp3) is 0.417. The van der Waals surface area contributed by atoms with Gasteiger partial charge in [-0.25, -0.2) is 0 Å². The van der Waals surface area contributed by atoms with Gasteiger partial charge in [-0.15, -0.1) is 0 Å². The summed E-state index contributed by atoms with van der Waals surface area (Å²) in [6.45, 7) is 3.20. The van der Waals surface area contributed by atoms with Crippen LogP contribution in [0.2, 0.25) is 0 Å². The first-order valence-corrected chi connectivity index (χ1v) is 5.88. The van der Waals surface area contributed by atoms with Crippen LogP contribution in [0.25, 0.3) is 0 Å². The molecule has 0 amide bonds. The van der Waals surface area contributed by atoms with Gasteiger partial charge in [-0.1, -0.05) is 29.3 Å². The number of benzene rings is 1. The van der Waals surface area contributed by atoms with Crippen LogP contribution < -0.4 is 4.90 Å². The molecule has 0 N–H and O–H groups in total. The molecule has 0 unspecified atom stereocenters. The maximum atomic E-state index is 8.85. The molecule has 15 heavy (non-hydrogen) atoms. The molecule has 1 aromatic rings. The van der Waals surface area contributed by atoms with E-state index in [1.807, 2.05) is 18.2 Å². The lowest BCUT2D eigenvalue weighted by Gasteiger charge is -2.19. The summed E-state index contributed by atoms with van der Waals surface area (Å²) in [4.78, 5) is 2.18. The van der Waals surface area contributed by atoms with E-state index in [1.165, 1.54) is 12.8 Å². The van der Waals surface area contributed by atoms with Crippen LogP contribution in [-0.4, -0.2) is 13.6 Å². The average molecular weight is 267 g/mol. The molecule has 0 bridgehead atoms. The van der Waals surface area contributed by atoms with Gasteiger partial charge < -0.3 is 4.90 Å². The highest BCUT2D eigenvalue weighted by molar-refractivity contribution is 9.10. The second-order valence-corrected chi connectivity index (χ2v) is 4.50. The first-order valence-electron chi connectivity index (χ1n) is 5.09. The van der Waals surface area contributed by atoms with Crippen molar-refractivity contribution in [3.63, 3.8) is 0 Å². The van der Waals surface area contributed by atoms with E-state index in [9.17, 15) is 0 Å². The monoisotopic (exact) mass is 266 g/mol. The fourth-order valence-electron chi connectivity index (χ4n) is 1.38. The molecule has 0 heterocycles. The van der Waals surface area contributed by atoms with Crippen molar-refractivity contribution >= 4 is 21.6 Å². The van der Waals surface area contributed by atoms with Crippen molar-refractivity contribution in [2.24, 2.45) is 0 Å². The number of rotatable bonds is 4. The Morgan fingerprint density at radius 1 is 1.40 bits per heavy atom. The average Bonchev–Trinajstić information content (AvgIpc) is 2.24. The first-order chi connectivity index (χ1) is 7.17. The number of hydrogen-bond acceptors (Lipinski definition) is 2. The van der Waals surface area contributed by atoms with E-state index in [1.54, 1.807) is 0 Å². The maximum absolute atomic E-state index is 8.85. The van der Waals surface area contributed by atoms with Crippen LogP contribution in [0.15, 0.2) is 22.7 Å². The van der Waals surface area contributed by atoms with Gasteiger partial charge in [0.15, 0.2) is 0 Å². The van der Waals surface area contributed by atoms with Crippen LogP contribution >= 0.6 is 15.9 Å². The van der Waals surface area contributed by atoms with Gasteiger partial charge in [0, 0.05) is 23.8 Å². The van der Waals surface area contributed by atoms with Gasteiger partial charge in [-0.3, -0.25) is 0 Å². The Kier molecular flexibility index (Phi) is 4.64. The summed E-state index contributed by atoms with van der Waals surface area (Å²) >= 11 is 3.41. The molecule has 0 atom stereocenters. The van der Waals surface area contributed by atoms with E-state index in [2.05, 4.69) is 40.9 Å². The van der Waals surface area contributed by atoms with Crippen LogP contribution in [0, 0.1) is 11.3 Å². The zero-order valence-corrected chi connectivity index (χ0v) is 10.7. The van der Waals surface area contributed by atoms with Gasteiger partial charge in [0.2, 0.25) is 0 Å². The van der Waals surface area contributed by atoms with Gasteiger partial charge >= 0.3 is 0 Å². The summed E-state index contributed by atoms with van der Waals surface area (Å²) in [5, 5.41) is 8.85. The number of halogens is 1. The molecule has 2 nitrogen and oxygen atoms in total. The summed E-state index contributed by atoms with van der Waals surface area (Å²) in [6.07, 6.45) is 2.36. The maximum Gasteiger partial charge on any atom is 0.0992 e. The third kappa shape index (κ3) is 3.56. The number of unbranched alkanes of at least 4 members (excludes halogenated alkanes) is 1. The minimum Gasteiger partial charge on any atom is -0.375 e. The van der Waals surface area contributed by atoms with E-state index < -0.39 is 0 Å². The Bertz CT molecular complexity index is 368. The van der Waals surface area contributed by atoms with Gasteiger partial charge in [0.05, 0.1) is 11.6 Å². The van der Waals surface area contributed by atoms with E-state index in [0.29, 0.717) is 5.56 Å². The summed E-state index contributed by atoms with van der Waals surface area (Å²) in [7, 11) is 2.05. The second-order valence-electron chi connectivity index (χ2n) is 3.59. The molecule has 0 saturated carbocycles. The van der Waals surface area contributed by atoms with Crippen molar-refractivity contribution in [3.8, 4) is 6.07 Å². The molecular formula is C12H15BrN2. The minimum absolute atomic E-state index is 0.697. The third-order valence-electron chi connectivity index (χ3n) is 2.30. The van der Waals surface area contributed by atoms with Crippen molar-refractivity contribution in [1.29, 1.82) is 5.26 Å². The SMILES string of the molecule is CCCCN(C)c1cc(Br)cc(C#N)c1. The first kappa shape index (κ1) is 12.1. The number of nitrogens with zero attached hydrogens (tertiary/aromatic N) is 2. The molecule has 0 fully saturated rings. The van der Waals surface area contributed by atoms with Crippen LogP contribution in [0.1, 0.15) is 25.3 Å². The van der Waals surface area contributed by atoms with Crippen molar-refractivity contribution in [3.05, 3.63) is 28.2 Å². The molecular weight excluding hydrogens is 252 g/mol. The number of hydrogen-bond donors (Lipinski definition) is 0. The highest BCUT2D eigenvalue weighted by Crippen LogP contribution is 2.22. The molecule has 1 rings (SSSR count). The number of anilines is 1. The second kappa shape index (κ2) is 5.77. The Hall–Kier alpha value is -1.01. The van der Waals surface area contributed by atoms with E-state index in [4.69, 9.17) is 5.26 Å². The zero-order chi connectivity index (χ0) is 11.3. The Labute approximate surface area is 99.6 Å². The quantitative estimate of drug-likeness (QED) is 0.834. The number of nitriles is 1. The lowest BCUT2D eigenvalue weighted by Crippen LogP contribution is -2.18. The topological polar surface area (TPSA) is 27.0 Å². The van der Waals surface area contributed by atoms with E-state index >= 15 is 0 Å². The van der Waals surface area contributed by atoms with Gasteiger partial charge in [-0.05, 0) is 24.6 Å². The zero-order valence-electron chi connectivity index (χ0n) is 9.13. The van der Waals surface area contributed by atoms with Crippen LogP contribution in [0.5, 0.6) is 0 Å². The Morgan fingerprint density at radius 2 is 2.13 bits per heavy atom. The predicted octanol–water partition coefficient (Wildman–Crippen LogP) is 3.56. The van der Waals surface area contributed by atoms with Crippen molar-refractivity contribution < 1.29 is 0 Å². The lowest BCUT2D eigenvalue weighted by molar-refractivity contribution is 0.766. The Balaban J connectivity index is 2.84. The van der Waals surface area contributed by atoms with Gasteiger partial charge in [0.25, 0.3) is 0 Å². The smallest absolute Gasteiger partial charge is 0.0992 e. The fourth-order valence-corrected chi connectivity index (χ4v) is 1.86. The molecule has 0 aliphatic heterocycles. The normalized spacial score (nSPS) is 9.73. The standard InChI is InChI=1S/C12H15BrN2/c1-3-4-5-15(2)12-7-10(9-14)6-11(13)8-12/h6-8H,3-5H2,1-2H3. The molecule has 0 aromatic heterocycles. The highest BCUT2D eigenvalue weighted by atomic mass is 79.9. The molecule has 0 aliphatic carbocycles. The third-order valence-corrected chi connectivity index (χ3v) is 2.76. The highest BCUT2D eigenvalue weighted by Gasteiger charge is 2.03. The Morgan fingerprint density at radius 3 is 2.73 bits per heavy atom. The van der Waals surface area contributed by atoms with Crippen LogP contribution in [-0.2, 0) is 0 Å². The van der Waals surface area contributed by atoms with Gasteiger partial charge in [-0.2, -0.15) is 5.26 Å². The van der Waals surface area contributed by atoms with Crippen LogP contribution in [0.4, 0.5) is 5.69 Å². The molecule has 1 aromatic carbocycles. The van der Waals surface area contributed by atoms with E-state index in [-0.39, 0.29) is 0 Å². The summed E-state index contributed by atoms with van der Waals surface area (Å²) in [5.74, 6) is 0. The van der Waals surface area contributed by atoms with Crippen molar-refractivity contribution in [2.45, 2.75) is 19.8 Å². The summed E-state index contributed by atoms with van der Waals surface area (Å²) in [6, 6.07) is 7.95. The van der Waals surface area contributed by atoms with Crippen molar-refractivity contribution in [1.82, 2.24) is 0 Å². The molecule has 0 saturated heterocycles.